The number of anilines is 1. The van der Waals surface area contributed by atoms with Gasteiger partial charge in [-0.3, -0.25) is 13.9 Å². The van der Waals surface area contributed by atoms with Crippen molar-refractivity contribution in [1.82, 2.24) is 10.2 Å². The molecule has 5 rings (SSSR count). The molecular weight excluding hydrogens is 607 g/mol. The number of aryl methyl sites for hydroxylation is 4. The predicted molar refractivity (Wildman–Crippen MR) is 188 cm³/mol. The van der Waals surface area contributed by atoms with Gasteiger partial charge in [0, 0.05) is 19.0 Å². The topological polar surface area (TPSA) is 86.8 Å². The van der Waals surface area contributed by atoms with Crippen LogP contribution in [0, 0.1) is 27.7 Å². The van der Waals surface area contributed by atoms with E-state index in [0.717, 1.165) is 59.1 Å². The minimum atomic E-state index is -4.15. The van der Waals surface area contributed by atoms with Crippen molar-refractivity contribution >= 4 is 27.5 Å². The van der Waals surface area contributed by atoms with E-state index in [1.54, 1.807) is 41.3 Å². The summed E-state index contributed by atoms with van der Waals surface area (Å²) in [6.45, 7) is 7.38. The fourth-order valence-corrected chi connectivity index (χ4v) is 7.75. The molecule has 1 aliphatic carbocycles. The predicted octanol–water partition coefficient (Wildman–Crippen LogP) is 6.81. The summed E-state index contributed by atoms with van der Waals surface area (Å²) in [5.74, 6) is -0.673. The highest BCUT2D eigenvalue weighted by Crippen LogP contribution is 2.28. The molecule has 0 spiro atoms. The van der Waals surface area contributed by atoms with Crippen LogP contribution in [0.2, 0.25) is 0 Å². The Hall–Kier alpha value is -4.43. The molecule has 1 fully saturated rings. The molecule has 1 aliphatic rings. The third-order valence-corrected chi connectivity index (χ3v) is 10.7. The minimum Gasteiger partial charge on any atom is -0.352 e. The molecule has 0 radical (unpaired) electrons. The average molecular weight is 652 g/mol. The van der Waals surface area contributed by atoms with E-state index in [9.17, 15) is 18.0 Å². The van der Waals surface area contributed by atoms with Crippen LogP contribution in [-0.2, 0) is 32.6 Å². The van der Waals surface area contributed by atoms with Crippen LogP contribution < -0.4 is 9.62 Å². The molecule has 47 heavy (non-hydrogen) atoms. The van der Waals surface area contributed by atoms with Gasteiger partial charge >= 0.3 is 0 Å². The summed E-state index contributed by atoms with van der Waals surface area (Å²) in [6.07, 6.45) is 4.23. The van der Waals surface area contributed by atoms with Crippen molar-refractivity contribution in [3.63, 3.8) is 0 Å². The smallest absolute Gasteiger partial charge is 0.264 e. The van der Waals surface area contributed by atoms with E-state index < -0.39 is 28.5 Å². The first kappa shape index (κ1) is 33.9. The maximum Gasteiger partial charge on any atom is 0.264 e. The van der Waals surface area contributed by atoms with Gasteiger partial charge in [-0.15, -0.1) is 0 Å². The van der Waals surface area contributed by atoms with Crippen molar-refractivity contribution < 1.29 is 18.0 Å². The monoisotopic (exact) mass is 651 g/mol. The van der Waals surface area contributed by atoms with Crippen LogP contribution >= 0.6 is 0 Å². The first-order chi connectivity index (χ1) is 22.5. The number of amides is 2. The van der Waals surface area contributed by atoms with E-state index in [1.807, 2.05) is 88.4 Å². The van der Waals surface area contributed by atoms with Crippen molar-refractivity contribution in [3.8, 4) is 0 Å². The molecule has 0 bridgehead atoms. The number of carbonyl (C=O) groups is 2. The van der Waals surface area contributed by atoms with E-state index in [2.05, 4.69) is 5.32 Å². The second kappa shape index (κ2) is 15.0. The Bertz CT molecular complexity index is 1780. The average Bonchev–Trinajstić information content (AvgIpc) is 3.55. The number of rotatable bonds is 12. The molecule has 0 heterocycles. The zero-order valence-electron chi connectivity index (χ0n) is 27.8. The number of hydrogen-bond donors (Lipinski definition) is 1. The van der Waals surface area contributed by atoms with Crippen molar-refractivity contribution in [1.29, 1.82) is 0 Å². The Balaban J connectivity index is 1.59. The maximum absolute atomic E-state index is 14.8. The van der Waals surface area contributed by atoms with E-state index in [4.69, 9.17) is 0 Å². The standard InChI is InChI=1S/C39H45N3O4S/c1-28-18-20-36(21-19-28)47(45,46)42(35-23-29(2)22-30(3)24-35)27-38(43)41(26-33-15-9-8-12-31(33)4)37(25-32-13-6-5-7-14-32)39(44)40-34-16-10-11-17-34/h5-9,12-15,18-24,34,37H,10-11,16-17,25-27H2,1-4H3,(H,40,44). The zero-order chi connectivity index (χ0) is 33.6. The lowest BCUT2D eigenvalue weighted by atomic mass is 10.0. The molecule has 0 aliphatic heterocycles. The number of nitrogens with zero attached hydrogens (tertiary/aromatic N) is 2. The molecule has 4 aromatic rings. The normalized spacial score (nSPS) is 14.0. The SMILES string of the molecule is Cc1ccc(S(=O)(=O)N(CC(=O)N(Cc2ccccc2C)C(Cc2ccccc2)C(=O)NC2CCCC2)c2cc(C)cc(C)c2)cc1. The van der Waals surface area contributed by atoms with E-state index >= 15 is 0 Å². The lowest BCUT2D eigenvalue weighted by molar-refractivity contribution is -0.140. The van der Waals surface area contributed by atoms with Gasteiger partial charge in [-0.2, -0.15) is 0 Å². The van der Waals surface area contributed by atoms with Gasteiger partial charge in [0.25, 0.3) is 10.0 Å². The number of sulfonamides is 1. The first-order valence-corrected chi connectivity index (χ1v) is 17.8. The summed E-state index contributed by atoms with van der Waals surface area (Å²) >= 11 is 0. The van der Waals surface area contributed by atoms with Crippen molar-refractivity contribution in [2.24, 2.45) is 0 Å². The van der Waals surface area contributed by atoms with Crippen LogP contribution in [0.1, 0.15) is 59.1 Å². The van der Waals surface area contributed by atoms with E-state index in [0.29, 0.717) is 12.1 Å². The number of benzene rings is 4. The van der Waals surface area contributed by atoms with Crippen molar-refractivity contribution in [2.75, 3.05) is 10.8 Å². The maximum atomic E-state index is 14.8. The Morgan fingerprint density at radius 2 is 1.40 bits per heavy atom. The van der Waals surface area contributed by atoms with Crippen LogP contribution in [0.4, 0.5) is 5.69 Å². The van der Waals surface area contributed by atoms with Crippen LogP contribution in [0.5, 0.6) is 0 Å². The largest absolute Gasteiger partial charge is 0.352 e. The first-order valence-electron chi connectivity index (χ1n) is 16.4. The summed E-state index contributed by atoms with van der Waals surface area (Å²) in [5.41, 5.74) is 5.89. The lowest BCUT2D eigenvalue weighted by Gasteiger charge is -2.34. The molecule has 1 N–H and O–H groups in total. The Morgan fingerprint density at radius 3 is 2.04 bits per heavy atom. The quantitative estimate of drug-likeness (QED) is 0.182. The molecule has 7 nitrogen and oxygen atoms in total. The third kappa shape index (κ3) is 8.49. The minimum absolute atomic E-state index is 0.0601. The highest BCUT2D eigenvalue weighted by atomic mass is 32.2. The Kier molecular flexibility index (Phi) is 10.8. The molecule has 2 amide bonds. The van der Waals surface area contributed by atoms with Crippen LogP contribution in [0.15, 0.2) is 102 Å². The fraction of sp³-hybridized carbons (Fsp3) is 0.333. The Morgan fingerprint density at radius 1 is 0.787 bits per heavy atom. The lowest BCUT2D eigenvalue weighted by Crippen LogP contribution is -2.54. The molecule has 0 saturated heterocycles. The van der Waals surface area contributed by atoms with Crippen molar-refractivity contribution in [2.45, 2.75) is 83.3 Å². The number of nitrogens with one attached hydrogen (secondary N) is 1. The zero-order valence-corrected chi connectivity index (χ0v) is 28.6. The number of carbonyl (C=O) groups excluding carboxylic acids is 2. The molecule has 1 atom stereocenters. The summed E-state index contributed by atoms with van der Waals surface area (Å²) < 4.78 is 29.9. The van der Waals surface area contributed by atoms with Gasteiger partial charge in [0.05, 0.1) is 10.6 Å². The highest BCUT2D eigenvalue weighted by molar-refractivity contribution is 7.92. The van der Waals surface area contributed by atoms with Crippen LogP contribution in [-0.4, -0.2) is 43.8 Å². The van der Waals surface area contributed by atoms with E-state index in [1.165, 1.54) is 4.31 Å². The van der Waals surface area contributed by atoms with Crippen LogP contribution in [0.3, 0.4) is 0 Å². The summed E-state index contributed by atoms with van der Waals surface area (Å²) in [6, 6.07) is 28.9. The molecular formula is C39H45N3O4S. The van der Waals surface area contributed by atoms with Gasteiger partial charge < -0.3 is 10.2 Å². The summed E-state index contributed by atoms with van der Waals surface area (Å²) in [5, 5.41) is 3.23. The molecule has 8 heteroatoms. The fourth-order valence-electron chi connectivity index (χ4n) is 6.35. The second-order valence-electron chi connectivity index (χ2n) is 12.8. The highest BCUT2D eigenvalue weighted by Gasteiger charge is 2.35. The van der Waals surface area contributed by atoms with Crippen molar-refractivity contribution in [3.05, 3.63) is 130 Å². The van der Waals surface area contributed by atoms with Gasteiger partial charge in [0.15, 0.2) is 0 Å². The molecule has 0 aromatic heterocycles. The third-order valence-electron chi connectivity index (χ3n) is 8.96. The summed E-state index contributed by atoms with van der Waals surface area (Å²) in [4.78, 5) is 30.6. The Labute approximate surface area is 279 Å². The van der Waals surface area contributed by atoms with Gasteiger partial charge in [-0.1, -0.05) is 91.2 Å². The van der Waals surface area contributed by atoms with Gasteiger partial charge in [0.2, 0.25) is 11.8 Å². The van der Waals surface area contributed by atoms with E-state index in [-0.39, 0.29) is 23.4 Å². The van der Waals surface area contributed by atoms with Gasteiger partial charge in [-0.25, -0.2) is 8.42 Å². The van der Waals surface area contributed by atoms with Crippen LogP contribution in [0.25, 0.3) is 0 Å². The second-order valence-corrected chi connectivity index (χ2v) is 14.7. The number of hydrogen-bond acceptors (Lipinski definition) is 4. The van der Waals surface area contributed by atoms with Gasteiger partial charge in [0.1, 0.15) is 12.6 Å². The summed E-state index contributed by atoms with van der Waals surface area (Å²) in [7, 11) is -4.15. The molecule has 246 valence electrons. The molecule has 1 saturated carbocycles. The molecule has 4 aromatic carbocycles. The van der Waals surface area contributed by atoms with Gasteiger partial charge in [-0.05, 0) is 92.6 Å². The molecule has 1 unspecified atom stereocenters.